The molecule has 0 spiro atoms. The first-order valence-electron chi connectivity index (χ1n) is 34.0. The van der Waals surface area contributed by atoms with E-state index in [0.717, 1.165) is 96.3 Å². The summed E-state index contributed by atoms with van der Waals surface area (Å²) in [7, 11) is 0. The lowest BCUT2D eigenvalue weighted by atomic mass is 10.0. The van der Waals surface area contributed by atoms with E-state index in [9.17, 15) is 14.4 Å². The van der Waals surface area contributed by atoms with Gasteiger partial charge in [0.15, 0.2) is 6.10 Å². The van der Waals surface area contributed by atoms with Gasteiger partial charge < -0.3 is 14.2 Å². The molecule has 6 heteroatoms. The molecule has 1 atom stereocenters. The molecule has 462 valence electrons. The van der Waals surface area contributed by atoms with Crippen molar-refractivity contribution in [3.05, 3.63) is 122 Å². The highest BCUT2D eigenvalue weighted by Gasteiger charge is 2.19. The Balaban J connectivity index is 4.33. The number of carbonyl (C=O) groups is 3. The lowest BCUT2D eigenvalue weighted by Gasteiger charge is -2.18. The molecule has 0 aromatic carbocycles. The van der Waals surface area contributed by atoms with Crippen LogP contribution in [0.3, 0.4) is 0 Å². The van der Waals surface area contributed by atoms with Crippen LogP contribution < -0.4 is 0 Å². The standard InChI is InChI=1S/C75H126O6/c1-4-7-10-13-16-19-22-25-27-29-31-33-35-37-39-41-43-45-47-50-53-56-59-62-65-68-74(77)80-71-72(70-79-73(76)67-64-61-58-55-52-49-24-21-18-15-12-9-6-3)81-75(78)69-66-63-60-57-54-51-48-46-44-42-40-38-36-34-32-30-28-26-23-20-17-14-11-8-5-2/h7,9-10,12,16,18-19,21,23,25-27,30-33,49,52,58,61,72H,4-6,8,11,13-15,17,20,22,24,28-29,34-48,50-51,53-57,59-60,62-71H2,1-3H3/b10-7-,12-9-,19-16-,21-18-,26-23-,27-25-,32-30-,33-31-,52-49-,61-58-. The van der Waals surface area contributed by atoms with Crippen molar-refractivity contribution in [3.63, 3.8) is 0 Å². The van der Waals surface area contributed by atoms with Crippen LogP contribution in [0.25, 0.3) is 0 Å². The van der Waals surface area contributed by atoms with E-state index < -0.39 is 6.10 Å². The van der Waals surface area contributed by atoms with Crippen molar-refractivity contribution in [2.45, 2.75) is 322 Å². The van der Waals surface area contributed by atoms with Crippen LogP contribution in [0.2, 0.25) is 0 Å². The maximum absolute atomic E-state index is 12.9. The molecule has 0 aromatic heterocycles. The molecule has 0 N–H and O–H groups in total. The van der Waals surface area contributed by atoms with Crippen molar-refractivity contribution in [3.8, 4) is 0 Å². The molecule has 0 aliphatic heterocycles. The fraction of sp³-hybridized carbons (Fsp3) is 0.693. The monoisotopic (exact) mass is 1120 g/mol. The molecule has 0 radical (unpaired) electrons. The third kappa shape index (κ3) is 66.5. The van der Waals surface area contributed by atoms with Gasteiger partial charge >= 0.3 is 17.9 Å². The predicted molar refractivity (Wildman–Crippen MR) is 353 cm³/mol. The SMILES string of the molecule is CC/C=C\C/C=C\C/C=C\C/C=C\CCCCCCCCCCCCCCC(=O)OCC(COC(=O)CC/C=C\C/C=C\C/C=C\C/C=C\CC)OC(=O)CCCCCCCCCCCCCCC/C=C\C/C=C\CCCCCCC. The zero-order valence-corrected chi connectivity index (χ0v) is 53.0. The van der Waals surface area contributed by atoms with Gasteiger partial charge in [-0.25, -0.2) is 0 Å². The Kier molecular flexibility index (Phi) is 64.8. The summed E-state index contributed by atoms with van der Waals surface area (Å²) in [6.45, 7) is 6.36. The molecule has 81 heavy (non-hydrogen) atoms. The van der Waals surface area contributed by atoms with Gasteiger partial charge in [0.1, 0.15) is 13.2 Å². The van der Waals surface area contributed by atoms with Crippen LogP contribution in [0.4, 0.5) is 0 Å². The number of unbranched alkanes of at least 4 members (excludes halogenated alkanes) is 30. The van der Waals surface area contributed by atoms with E-state index in [1.165, 1.54) is 173 Å². The van der Waals surface area contributed by atoms with E-state index in [1.54, 1.807) is 0 Å². The van der Waals surface area contributed by atoms with Gasteiger partial charge in [-0.05, 0) is 116 Å². The summed E-state index contributed by atoms with van der Waals surface area (Å²) in [5, 5.41) is 0. The molecule has 0 amide bonds. The minimum Gasteiger partial charge on any atom is -0.462 e. The molecule has 0 aliphatic carbocycles. The van der Waals surface area contributed by atoms with Crippen LogP contribution in [0.15, 0.2) is 122 Å². The predicted octanol–water partition coefficient (Wildman–Crippen LogP) is 23.6. The Morgan fingerprint density at radius 1 is 0.259 bits per heavy atom. The van der Waals surface area contributed by atoms with Gasteiger partial charge in [-0.15, -0.1) is 0 Å². The van der Waals surface area contributed by atoms with Gasteiger partial charge in [-0.1, -0.05) is 303 Å². The summed E-state index contributed by atoms with van der Waals surface area (Å²) in [5.41, 5.74) is 0. The molecule has 0 heterocycles. The first-order chi connectivity index (χ1) is 40.0. The van der Waals surface area contributed by atoms with Crippen LogP contribution in [0, 0.1) is 0 Å². The molecule has 1 unspecified atom stereocenters. The normalized spacial score (nSPS) is 12.9. The van der Waals surface area contributed by atoms with Gasteiger partial charge in [0.2, 0.25) is 0 Å². The van der Waals surface area contributed by atoms with Crippen molar-refractivity contribution in [2.75, 3.05) is 13.2 Å². The van der Waals surface area contributed by atoms with Gasteiger partial charge in [0, 0.05) is 19.3 Å². The van der Waals surface area contributed by atoms with E-state index in [2.05, 4.69) is 136 Å². The Morgan fingerprint density at radius 2 is 0.506 bits per heavy atom. The highest BCUT2D eigenvalue weighted by atomic mass is 16.6. The van der Waals surface area contributed by atoms with Crippen LogP contribution in [0.5, 0.6) is 0 Å². The van der Waals surface area contributed by atoms with E-state index in [4.69, 9.17) is 14.2 Å². The summed E-state index contributed by atoms with van der Waals surface area (Å²) in [6.07, 6.45) is 95.2. The summed E-state index contributed by atoms with van der Waals surface area (Å²) in [4.78, 5) is 38.3. The van der Waals surface area contributed by atoms with Crippen LogP contribution in [-0.2, 0) is 28.6 Å². The van der Waals surface area contributed by atoms with Crippen LogP contribution >= 0.6 is 0 Å². The van der Waals surface area contributed by atoms with Crippen molar-refractivity contribution in [2.24, 2.45) is 0 Å². The van der Waals surface area contributed by atoms with Crippen LogP contribution in [0.1, 0.15) is 316 Å². The van der Waals surface area contributed by atoms with Gasteiger partial charge in [0.05, 0.1) is 0 Å². The summed E-state index contributed by atoms with van der Waals surface area (Å²) < 4.78 is 16.9. The first kappa shape index (κ1) is 76.8. The second kappa shape index (κ2) is 68.3. The number of carbonyl (C=O) groups excluding carboxylic acids is 3. The zero-order valence-electron chi connectivity index (χ0n) is 53.0. The van der Waals surface area contributed by atoms with Gasteiger partial charge in [-0.3, -0.25) is 14.4 Å². The number of rotatable bonds is 61. The summed E-state index contributed by atoms with van der Waals surface area (Å²) in [6, 6.07) is 0. The molecule has 0 aliphatic rings. The average molecular weight is 1120 g/mol. The molecule has 0 bridgehead atoms. The van der Waals surface area contributed by atoms with E-state index in [-0.39, 0.29) is 37.5 Å². The molecule has 0 saturated heterocycles. The molecule has 6 nitrogen and oxygen atoms in total. The fourth-order valence-corrected chi connectivity index (χ4v) is 9.42. The van der Waals surface area contributed by atoms with Crippen LogP contribution in [-0.4, -0.2) is 37.2 Å². The maximum Gasteiger partial charge on any atom is 0.306 e. The van der Waals surface area contributed by atoms with Crippen molar-refractivity contribution < 1.29 is 28.6 Å². The minimum atomic E-state index is -0.812. The number of ether oxygens (including phenoxy) is 3. The number of hydrogen-bond donors (Lipinski definition) is 0. The second-order valence-corrected chi connectivity index (χ2v) is 22.3. The number of allylic oxidation sites excluding steroid dienone is 20. The molecule has 0 aromatic rings. The van der Waals surface area contributed by atoms with E-state index >= 15 is 0 Å². The number of hydrogen-bond acceptors (Lipinski definition) is 6. The second-order valence-electron chi connectivity index (χ2n) is 22.3. The first-order valence-corrected chi connectivity index (χ1v) is 34.0. The number of esters is 3. The van der Waals surface area contributed by atoms with E-state index in [0.29, 0.717) is 19.3 Å². The Hall–Kier alpha value is -4.19. The van der Waals surface area contributed by atoms with E-state index in [1.807, 2.05) is 6.08 Å². The largest absolute Gasteiger partial charge is 0.462 e. The highest BCUT2D eigenvalue weighted by molar-refractivity contribution is 5.71. The van der Waals surface area contributed by atoms with Gasteiger partial charge in [0.25, 0.3) is 0 Å². The maximum atomic E-state index is 12.9. The Labute approximate surface area is 501 Å². The van der Waals surface area contributed by atoms with Crippen molar-refractivity contribution in [1.29, 1.82) is 0 Å². The Bertz CT molecular complexity index is 1670. The highest BCUT2D eigenvalue weighted by Crippen LogP contribution is 2.17. The molecule has 0 fully saturated rings. The molecule has 0 rings (SSSR count). The Morgan fingerprint density at radius 3 is 0.827 bits per heavy atom. The van der Waals surface area contributed by atoms with Crippen molar-refractivity contribution >= 4 is 17.9 Å². The van der Waals surface area contributed by atoms with Gasteiger partial charge in [-0.2, -0.15) is 0 Å². The smallest absolute Gasteiger partial charge is 0.306 e. The summed E-state index contributed by atoms with van der Waals surface area (Å²) >= 11 is 0. The lowest BCUT2D eigenvalue weighted by molar-refractivity contribution is -0.166. The minimum absolute atomic E-state index is 0.102. The average Bonchev–Trinajstić information content (AvgIpc) is 3.46. The topological polar surface area (TPSA) is 78.9 Å². The summed E-state index contributed by atoms with van der Waals surface area (Å²) in [5.74, 6) is -0.981. The van der Waals surface area contributed by atoms with Crippen molar-refractivity contribution in [1.82, 2.24) is 0 Å². The zero-order chi connectivity index (χ0) is 58.5. The molecule has 0 saturated carbocycles. The third-order valence-corrected chi connectivity index (χ3v) is 14.4. The quantitative estimate of drug-likeness (QED) is 0.0261. The lowest BCUT2D eigenvalue weighted by Crippen LogP contribution is -2.30. The molecular formula is C75H126O6. The third-order valence-electron chi connectivity index (χ3n) is 14.4. The fourth-order valence-electron chi connectivity index (χ4n) is 9.42. The molecular weight excluding hydrogens is 997 g/mol.